The molecular formula is C6H11N3O2. The SMILES string of the molecule is COC(=O)C[C@@H](C)CN=[N+]=[N-]. The summed E-state index contributed by atoms with van der Waals surface area (Å²) < 4.78 is 4.43. The van der Waals surface area contributed by atoms with Gasteiger partial charge in [0, 0.05) is 17.9 Å². The number of carbonyl (C=O) groups is 1. The number of nitrogens with zero attached hydrogens (tertiary/aromatic N) is 3. The quantitative estimate of drug-likeness (QED) is 0.268. The van der Waals surface area contributed by atoms with E-state index in [2.05, 4.69) is 14.8 Å². The summed E-state index contributed by atoms with van der Waals surface area (Å²) in [5, 5.41) is 3.33. The first-order chi connectivity index (χ1) is 5.20. The third kappa shape index (κ3) is 5.24. The van der Waals surface area contributed by atoms with Gasteiger partial charge in [0.05, 0.1) is 7.11 Å². The molecule has 0 aliphatic rings. The van der Waals surface area contributed by atoms with Crippen LogP contribution in [-0.2, 0) is 9.53 Å². The summed E-state index contributed by atoms with van der Waals surface area (Å²) in [6.45, 7) is 2.16. The van der Waals surface area contributed by atoms with E-state index in [1.807, 2.05) is 6.92 Å². The Morgan fingerprint density at radius 3 is 2.91 bits per heavy atom. The summed E-state index contributed by atoms with van der Waals surface area (Å²) in [5.41, 5.74) is 7.95. The largest absolute Gasteiger partial charge is 0.469 e. The van der Waals surface area contributed by atoms with E-state index in [-0.39, 0.29) is 11.9 Å². The van der Waals surface area contributed by atoms with Crippen LogP contribution in [0.2, 0.25) is 0 Å². The lowest BCUT2D eigenvalue weighted by Crippen LogP contribution is -2.08. The van der Waals surface area contributed by atoms with Crippen molar-refractivity contribution in [3.8, 4) is 0 Å². The van der Waals surface area contributed by atoms with E-state index in [9.17, 15) is 4.79 Å². The highest BCUT2D eigenvalue weighted by Crippen LogP contribution is 2.02. The zero-order valence-corrected chi connectivity index (χ0v) is 6.65. The average Bonchev–Trinajstić information content (AvgIpc) is 2.00. The van der Waals surface area contributed by atoms with Crippen molar-refractivity contribution in [1.82, 2.24) is 0 Å². The van der Waals surface area contributed by atoms with Crippen molar-refractivity contribution < 1.29 is 9.53 Å². The summed E-state index contributed by atoms with van der Waals surface area (Å²) in [5.74, 6) is -0.219. The molecule has 0 rings (SSSR count). The van der Waals surface area contributed by atoms with Crippen molar-refractivity contribution >= 4 is 5.97 Å². The van der Waals surface area contributed by atoms with Gasteiger partial charge in [-0.3, -0.25) is 4.79 Å². The molecule has 0 aromatic heterocycles. The molecule has 0 N–H and O–H groups in total. The molecule has 0 saturated carbocycles. The van der Waals surface area contributed by atoms with Gasteiger partial charge in [0.25, 0.3) is 0 Å². The number of hydrogen-bond donors (Lipinski definition) is 0. The minimum Gasteiger partial charge on any atom is -0.469 e. The van der Waals surface area contributed by atoms with Gasteiger partial charge in [0.1, 0.15) is 0 Å². The second-order valence-electron chi connectivity index (χ2n) is 2.30. The highest BCUT2D eigenvalue weighted by atomic mass is 16.5. The van der Waals surface area contributed by atoms with Gasteiger partial charge in [-0.25, -0.2) is 0 Å². The zero-order chi connectivity index (χ0) is 8.69. The molecule has 5 heteroatoms. The van der Waals surface area contributed by atoms with Gasteiger partial charge in [-0.1, -0.05) is 12.0 Å². The number of azide groups is 1. The fourth-order valence-corrected chi connectivity index (χ4v) is 0.608. The minimum atomic E-state index is -0.273. The van der Waals surface area contributed by atoms with Gasteiger partial charge in [-0.2, -0.15) is 0 Å². The molecule has 11 heavy (non-hydrogen) atoms. The Hall–Kier alpha value is -1.22. The molecule has 0 aromatic rings. The van der Waals surface area contributed by atoms with Crippen LogP contribution >= 0.6 is 0 Å². The standard InChI is InChI=1S/C6H11N3O2/c1-5(4-8-9-7)3-6(10)11-2/h5H,3-4H2,1-2H3/t5-/m1/s1. The van der Waals surface area contributed by atoms with Crippen LogP contribution in [0.5, 0.6) is 0 Å². The normalized spacial score (nSPS) is 11.5. The fraction of sp³-hybridized carbons (Fsp3) is 0.833. The number of rotatable bonds is 4. The van der Waals surface area contributed by atoms with E-state index in [0.717, 1.165) is 0 Å². The molecule has 0 aromatic carbocycles. The van der Waals surface area contributed by atoms with E-state index < -0.39 is 0 Å². The fourth-order valence-electron chi connectivity index (χ4n) is 0.608. The molecule has 0 spiro atoms. The summed E-state index contributed by atoms with van der Waals surface area (Å²) >= 11 is 0. The van der Waals surface area contributed by atoms with Crippen molar-refractivity contribution in [2.45, 2.75) is 13.3 Å². The highest BCUT2D eigenvalue weighted by molar-refractivity contribution is 5.69. The summed E-state index contributed by atoms with van der Waals surface area (Å²) in [6.07, 6.45) is 0.301. The first-order valence-corrected chi connectivity index (χ1v) is 3.28. The second kappa shape index (κ2) is 5.56. The van der Waals surface area contributed by atoms with E-state index in [4.69, 9.17) is 5.53 Å². The summed E-state index contributed by atoms with van der Waals surface area (Å²) in [6, 6.07) is 0. The van der Waals surface area contributed by atoms with Crippen molar-refractivity contribution in [1.29, 1.82) is 0 Å². The molecular weight excluding hydrogens is 146 g/mol. The number of hydrogen-bond acceptors (Lipinski definition) is 3. The molecule has 62 valence electrons. The van der Waals surface area contributed by atoms with Crippen LogP contribution in [0.3, 0.4) is 0 Å². The Morgan fingerprint density at radius 1 is 1.82 bits per heavy atom. The lowest BCUT2D eigenvalue weighted by atomic mass is 10.1. The monoisotopic (exact) mass is 157 g/mol. The molecule has 0 amide bonds. The lowest BCUT2D eigenvalue weighted by Gasteiger charge is -2.04. The van der Waals surface area contributed by atoms with Crippen LogP contribution in [0.25, 0.3) is 10.4 Å². The Labute approximate surface area is 65.0 Å². The molecule has 0 unspecified atom stereocenters. The Morgan fingerprint density at radius 2 is 2.45 bits per heavy atom. The maximum atomic E-state index is 10.6. The average molecular weight is 157 g/mol. The Bertz CT molecular complexity index is 175. The van der Waals surface area contributed by atoms with Crippen molar-refractivity contribution in [2.24, 2.45) is 11.0 Å². The molecule has 0 heterocycles. The molecule has 0 aliphatic carbocycles. The van der Waals surface area contributed by atoms with Crippen LogP contribution in [-0.4, -0.2) is 19.6 Å². The number of ether oxygens (including phenoxy) is 1. The van der Waals surface area contributed by atoms with Gasteiger partial charge in [-0.15, -0.1) is 0 Å². The predicted octanol–water partition coefficient (Wildman–Crippen LogP) is 1.50. The lowest BCUT2D eigenvalue weighted by molar-refractivity contribution is -0.141. The molecule has 1 atom stereocenters. The maximum Gasteiger partial charge on any atom is 0.305 e. The number of esters is 1. The third-order valence-corrected chi connectivity index (χ3v) is 1.20. The van der Waals surface area contributed by atoms with Crippen LogP contribution in [0.15, 0.2) is 5.11 Å². The molecule has 0 aliphatic heterocycles. The Kier molecular flexibility index (Phi) is 4.94. The van der Waals surface area contributed by atoms with Crippen LogP contribution in [0, 0.1) is 5.92 Å². The van der Waals surface area contributed by atoms with Gasteiger partial charge in [0.2, 0.25) is 0 Å². The zero-order valence-electron chi connectivity index (χ0n) is 6.65. The molecule has 0 radical (unpaired) electrons. The predicted molar refractivity (Wildman–Crippen MR) is 39.8 cm³/mol. The smallest absolute Gasteiger partial charge is 0.305 e. The van der Waals surface area contributed by atoms with Gasteiger partial charge in [-0.05, 0) is 11.4 Å². The third-order valence-electron chi connectivity index (χ3n) is 1.20. The molecule has 0 saturated heterocycles. The number of carbonyl (C=O) groups excluding carboxylic acids is 1. The first-order valence-electron chi connectivity index (χ1n) is 3.28. The molecule has 5 nitrogen and oxygen atoms in total. The van der Waals surface area contributed by atoms with Crippen molar-refractivity contribution in [3.63, 3.8) is 0 Å². The van der Waals surface area contributed by atoms with Crippen molar-refractivity contribution in [3.05, 3.63) is 10.4 Å². The summed E-state index contributed by atoms with van der Waals surface area (Å²) in [4.78, 5) is 13.2. The van der Waals surface area contributed by atoms with Gasteiger partial charge < -0.3 is 4.74 Å². The first kappa shape index (κ1) is 9.78. The topological polar surface area (TPSA) is 75.1 Å². The van der Waals surface area contributed by atoms with Crippen molar-refractivity contribution in [2.75, 3.05) is 13.7 Å². The van der Waals surface area contributed by atoms with Crippen LogP contribution < -0.4 is 0 Å². The maximum absolute atomic E-state index is 10.6. The van der Waals surface area contributed by atoms with Gasteiger partial charge in [0.15, 0.2) is 0 Å². The minimum absolute atomic E-state index is 0.0540. The van der Waals surface area contributed by atoms with E-state index in [1.165, 1.54) is 7.11 Å². The molecule has 0 fully saturated rings. The van der Waals surface area contributed by atoms with Gasteiger partial charge >= 0.3 is 5.97 Å². The molecule has 0 bridgehead atoms. The second-order valence-corrected chi connectivity index (χ2v) is 2.30. The highest BCUT2D eigenvalue weighted by Gasteiger charge is 2.06. The van der Waals surface area contributed by atoms with E-state index >= 15 is 0 Å². The van der Waals surface area contributed by atoms with E-state index in [0.29, 0.717) is 13.0 Å². The summed E-state index contributed by atoms with van der Waals surface area (Å²) in [7, 11) is 1.34. The van der Waals surface area contributed by atoms with Crippen LogP contribution in [0.4, 0.5) is 0 Å². The van der Waals surface area contributed by atoms with E-state index in [1.54, 1.807) is 0 Å². The number of methoxy groups -OCH3 is 1. The van der Waals surface area contributed by atoms with Crippen LogP contribution in [0.1, 0.15) is 13.3 Å². The Balaban J connectivity index is 3.59.